The number of ketones is 1. The minimum Gasteiger partial charge on any atom is -0.294 e. The zero-order valence-electron chi connectivity index (χ0n) is 11.4. The number of Topliss-reactive ketones (excluding diaryl/α,β-unsaturated/α-hetero) is 1. The van der Waals surface area contributed by atoms with Crippen molar-refractivity contribution in [3.8, 4) is 0 Å². The average molecular weight is 292 g/mol. The first-order valence-electron chi connectivity index (χ1n) is 6.17. The highest BCUT2D eigenvalue weighted by molar-refractivity contribution is 7.90. The Kier molecular flexibility index (Phi) is 4.04. The van der Waals surface area contributed by atoms with Crippen molar-refractivity contribution in [2.45, 2.75) is 17.7 Å². The molecule has 0 aliphatic carbocycles. The van der Waals surface area contributed by atoms with Crippen LogP contribution < -0.4 is 0 Å². The Labute approximate surface area is 118 Å². The van der Waals surface area contributed by atoms with Gasteiger partial charge >= 0.3 is 0 Å². The molecule has 0 aliphatic heterocycles. The number of hydrogen-bond donors (Lipinski definition) is 0. The number of carbonyl (C=O) groups is 1. The van der Waals surface area contributed by atoms with Gasteiger partial charge in [0.2, 0.25) is 0 Å². The lowest BCUT2D eigenvalue weighted by Crippen LogP contribution is -2.04. The van der Waals surface area contributed by atoms with Crippen LogP contribution in [-0.2, 0) is 23.3 Å². The highest BCUT2D eigenvalue weighted by atomic mass is 32.2. The molecule has 5 nitrogen and oxygen atoms in total. The summed E-state index contributed by atoms with van der Waals surface area (Å²) in [5, 5.41) is 4.04. The fourth-order valence-electron chi connectivity index (χ4n) is 1.90. The third kappa shape index (κ3) is 3.54. The Morgan fingerprint density at radius 3 is 2.70 bits per heavy atom. The van der Waals surface area contributed by atoms with Crippen LogP contribution in [0.15, 0.2) is 41.6 Å². The van der Waals surface area contributed by atoms with Gasteiger partial charge in [-0.25, -0.2) is 8.42 Å². The number of nitrogens with zero attached hydrogens (tertiary/aromatic N) is 2. The number of hydrogen-bond acceptors (Lipinski definition) is 4. The second-order valence-electron chi connectivity index (χ2n) is 4.75. The summed E-state index contributed by atoms with van der Waals surface area (Å²) in [7, 11) is -1.47. The van der Waals surface area contributed by atoms with Crippen molar-refractivity contribution in [3.63, 3.8) is 0 Å². The molecule has 2 rings (SSSR count). The molecule has 0 saturated heterocycles. The summed E-state index contributed by atoms with van der Waals surface area (Å²) in [4.78, 5) is 12.3. The van der Waals surface area contributed by atoms with Crippen molar-refractivity contribution in [2.24, 2.45) is 7.05 Å². The van der Waals surface area contributed by atoms with E-state index in [9.17, 15) is 13.2 Å². The molecule has 1 heterocycles. The van der Waals surface area contributed by atoms with Gasteiger partial charge in [-0.15, -0.1) is 0 Å². The first-order chi connectivity index (χ1) is 9.36. The Morgan fingerprint density at radius 1 is 1.35 bits per heavy atom. The summed E-state index contributed by atoms with van der Waals surface area (Å²) >= 11 is 0. The predicted octanol–water partition coefficient (Wildman–Crippen LogP) is 1.64. The normalized spacial score (nSPS) is 11.5. The Morgan fingerprint density at radius 2 is 2.10 bits per heavy atom. The summed E-state index contributed by atoms with van der Waals surface area (Å²) in [6, 6.07) is 6.15. The standard InChI is InChI=1S/C14H16N2O3S/c1-16-10-11(9-15-16)6-7-14(17)12-4-3-5-13(8-12)20(2,18)19/h3-5,8-10H,6-7H2,1-2H3. The Bertz CT molecular complexity index is 732. The van der Waals surface area contributed by atoms with E-state index < -0.39 is 9.84 Å². The molecule has 0 radical (unpaired) electrons. The molecule has 106 valence electrons. The molecule has 0 unspecified atom stereocenters. The minimum atomic E-state index is -3.29. The van der Waals surface area contributed by atoms with Crippen molar-refractivity contribution in [1.82, 2.24) is 9.78 Å². The van der Waals surface area contributed by atoms with Crippen LogP contribution in [0.1, 0.15) is 22.3 Å². The molecular formula is C14H16N2O3S. The van der Waals surface area contributed by atoms with E-state index >= 15 is 0 Å². The third-order valence-corrected chi connectivity index (χ3v) is 4.09. The highest BCUT2D eigenvalue weighted by Crippen LogP contribution is 2.14. The summed E-state index contributed by atoms with van der Waals surface area (Å²) in [5.74, 6) is -0.0700. The molecule has 1 aromatic carbocycles. The lowest BCUT2D eigenvalue weighted by atomic mass is 10.0. The maximum Gasteiger partial charge on any atom is 0.175 e. The number of sulfone groups is 1. The molecule has 2 aromatic rings. The van der Waals surface area contributed by atoms with Crippen LogP contribution in [0.5, 0.6) is 0 Å². The lowest BCUT2D eigenvalue weighted by Gasteiger charge is -2.03. The topological polar surface area (TPSA) is 69.0 Å². The number of carbonyl (C=O) groups excluding carboxylic acids is 1. The summed E-state index contributed by atoms with van der Waals surface area (Å²) in [6.45, 7) is 0. The summed E-state index contributed by atoms with van der Waals surface area (Å²) < 4.78 is 24.6. The van der Waals surface area contributed by atoms with Crippen molar-refractivity contribution in [2.75, 3.05) is 6.26 Å². The molecule has 20 heavy (non-hydrogen) atoms. The highest BCUT2D eigenvalue weighted by Gasteiger charge is 2.12. The minimum absolute atomic E-state index is 0.0700. The van der Waals surface area contributed by atoms with Crippen molar-refractivity contribution < 1.29 is 13.2 Å². The molecule has 0 N–H and O–H groups in total. The third-order valence-electron chi connectivity index (χ3n) is 2.98. The first-order valence-corrected chi connectivity index (χ1v) is 8.06. The van der Waals surface area contributed by atoms with E-state index in [2.05, 4.69) is 5.10 Å². The van der Waals surface area contributed by atoms with Gasteiger partial charge in [0.1, 0.15) is 0 Å². The van der Waals surface area contributed by atoms with E-state index in [-0.39, 0.29) is 10.7 Å². The van der Waals surface area contributed by atoms with Gasteiger partial charge in [0, 0.05) is 31.5 Å². The number of aryl methyl sites for hydroxylation is 2. The van der Waals surface area contributed by atoms with Crippen LogP contribution >= 0.6 is 0 Å². The second-order valence-corrected chi connectivity index (χ2v) is 6.76. The number of benzene rings is 1. The quantitative estimate of drug-likeness (QED) is 0.786. The van der Waals surface area contributed by atoms with Gasteiger partial charge in [0.25, 0.3) is 0 Å². The van der Waals surface area contributed by atoms with Gasteiger partial charge in [-0.1, -0.05) is 12.1 Å². The molecule has 0 bridgehead atoms. The van der Waals surface area contributed by atoms with E-state index in [1.165, 1.54) is 12.1 Å². The SMILES string of the molecule is Cn1cc(CCC(=O)c2cccc(S(C)(=O)=O)c2)cn1. The Hall–Kier alpha value is -1.95. The van der Waals surface area contributed by atoms with E-state index in [0.29, 0.717) is 18.4 Å². The van der Waals surface area contributed by atoms with E-state index in [1.54, 1.807) is 23.0 Å². The predicted molar refractivity (Wildman–Crippen MR) is 75.4 cm³/mol. The molecule has 6 heteroatoms. The summed E-state index contributed by atoms with van der Waals surface area (Å²) in [6.07, 6.45) is 5.64. The van der Waals surface area contributed by atoms with Gasteiger partial charge in [-0.05, 0) is 24.1 Å². The molecule has 0 spiro atoms. The van der Waals surface area contributed by atoms with E-state index in [4.69, 9.17) is 0 Å². The molecule has 1 aromatic heterocycles. The Balaban J connectivity index is 2.10. The first kappa shape index (κ1) is 14.5. The maximum absolute atomic E-state index is 12.1. The van der Waals surface area contributed by atoms with Gasteiger partial charge in [-0.2, -0.15) is 5.10 Å². The van der Waals surface area contributed by atoms with Gasteiger partial charge < -0.3 is 0 Å². The van der Waals surface area contributed by atoms with Crippen molar-refractivity contribution >= 4 is 15.6 Å². The molecule has 0 fully saturated rings. The zero-order chi connectivity index (χ0) is 14.8. The lowest BCUT2D eigenvalue weighted by molar-refractivity contribution is 0.0982. The van der Waals surface area contributed by atoms with Crippen LogP contribution in [0.4, 0.5) is 0 Å². The van der Waals surface area contributed by atoms with E-state index in [0.717, 1.165) is 11.8 Å². The van der Waals surface area contributed by atoms with Crippen LogP contribution in [0.25, 0.3) is 0 Å². The number of aromatic nitrogens is 2. The van der Waals surface area contributed by atoms with Gasteiger partial charge in [0.05, 0.1) is 11.1 Å². The van der Waals surface area contributed by atoms with Crippen LogP contribution in [-0.4, -0.2) is 30.2 Å². The molecule has 0 aliphatic rings. The van der Waals surface area contributed by atoms with Gasteiger partial charge in [0.15, 0.2) is 15.6 Å². The van der Waals surface area contributed by atoms with Gasteiger partial charge in [-0.3, -0.25) is 9.48 Å². The molecule has 0 amide bonds. The fourth-order valence-corrected chi connectivity index (χ4v) is 2.57. The average Bonchev–Trinajstić information content (AvgIpc) is 2.81. The smallest absolute Gasteiger partial charge is 0.175 e. The largest absolute Gasteiger partial charge is 0.294 e. The van der Waals surface area contributed by atoms with Crippen LogP contribution in [0.2, 0.25) is 0 Å². The van der Waals surface area contributed by atoms with E-state index in [1.807, 2.05) is 13.2 Å². The van der Waals surface area contributed by atoms with Crippen molar-refractivity contribution in [3.05, 3.63) is 47.8 Å². The molecular weight excluding hydrogens is 276 g/mol. The monoisotopic (exact) mass is 292 g/mol. The van der Waals surface area contributed by atoms with Crippen LogP contribution in [0, 0.1) is 0 Å². The zero-order valence-corrected chi connectivity index (χ0v) is 12.2. The van der Waals surface area contributed by atoms with Crippen molar-refractivity contribution in [1.29, 1.82) is 0 Å². The van der Waals surface area contributed by atoms with Crippen LogP contribution in [0.3, 0.4) is 0 Å². The summed E-state index contributed by atoms with van der Waals surface area (Å²) in [5.41, 5.74) is 1.41. The molecule has 0 saturated carbocycles. The maximum atomic E-state index is 12.1. The second kappa shape index (κ2) is 5.58. The molecule has 0 atom stereocenters. The number of rotatable bonds is 5. The fraction of sp³-hybridized carbons (Fsp3) is 0.286.